The van der Waals surface area contributed by atoms with E-state index in [1.54, 1.807) is 37.4 Å². The number of nitrogens with one attached hydrogen (secondary N) is 1. The predicted molar refractivity (Wildman–Crippen MR) is 131 cm³/mol. The third-order valence-corrected chi connectivity index (χ3v) is 7.29. The molecule has 1 amide bonds. The molecule has 0 unspecified atom stereocenters. The third kappa shape index (κ3) is 5.54. The number of aryl methyl sites for hydroxylation is 3. The SMILES string of the molecule is COc1ccccc1[C@@H](C)NC(=O)CN(c1cc(C)ccc1C)S(=O)(=O)c1ccc(C)cc1. The van der Waals surface area contributed by atoms with Crippen molar-refractivity contribution in [3.05, 3.63) is 89.0 Å². The second-order valence-corrected chi connectivity index (χ2v) is 10.0. The van der Waals surface area contributed by atoms with E-state index in [1.807, 2.05) is 64.1 Å². The Morgan fingerprint density at radius 3 is 2.27 bits per heavy atom. The number of carbonyl (C=O) groups is 1. The predicted octanol–water partition coefficient (Wildman–Crippen LogP) is 4.69. The Kier molecular flexibility index (Phi) is 7.43. The lowest BCUT2D eigenvalue weighted by Crippen LogP contribution is -2.42. The number of methoxy groups -OCH3 is 1. The summed E-state index contributed by atoms with van der Waals surface area (Å²) in [6.45, 7) is 7.11. The summed E-state index contributed by atoms with van der Waals surface area (Å²) in [6.07, 6.45) is 0. The summed E-state index contributed by atoms with van der Waals surface area (Å²) in [6, 6.07) is 19.2. The summed E-state index contributed by atoms with van der Waals surface area (Å²) < 4.78 is 33.8. The summed E-state index contributed by atoms with van der Waals surface area (Å²) in [4.78, 5) is 13.2. The molecule has 3 aromatic rings. The fourth-order valence-electron chi connectivity index (χ4n) is 3.64. The topological polar surface area (TPSA) is 75.7 Å². The van der Waals surface area contributed by atoms with E-state index in [-0.39, 0.29) is 17.5 Å². The lowest BCUT2D eigenvalue weighted by atomic mass is 10.1. The van der Waals surface area contributed by atoms with Gasteiger partial charge in [0.1, 0.15) is 12.3 Å². The minimum Gasteiger partial charge on any atom is -0.496 e. The summed E-state index contributed by atoms with van der Waals surface area (Å²) in [5.74, 6) is 0.244. The molecule has 0 radical (unpaired) electrons. The Labute approximate surface area is 196 Å². The van der Waals surface area contributed by atoms with Crippen LogP contribution >= 0.6 is 0 Å². The molecule has 7 heteroatoms. The molecule has 0 saturated carbocycles. The van der Waals surface area contributed by atoms with Crippen LogP contribution in [0.5, 0.6) is 5.75 Å². The Balaban J connectivity index is 1.95. The van der Waals surface area contributed by atoms with Crippen molar-refractivity contribution in [2.24, 2.45) is 0 Å². The first-order valence-electron chi connectivity index (χ1n) is 10.7. The van der Waals surface area contributed by atoms with Crippen LogP contribution in [0, 0.1) is 20.8 Å². The highest BCUT2D eigenvalue weighted by Crippen LogP contribution is 2.29. The van der Waals surface area contributed by atoms with E-state index in [9.17, 15) is 13.2 Å². The number of benzene rings is 3. The van der Waals surface area contributed by atoms with Gasteiger partial charge in [0.25, 0.3) is 10.0 Å². The number of anilines is 1. The number of hydrogen-bond acceptors (Lipinski definition) is 4. The van der Waals surface area contributed by atoms with Gasteiger partial charge in [-0.25, -0.2) is 8.42 Å². The minimum atomic E-state index is -3.97. The van der Waals surface area contributed by atoms with E-state index in [4.69, 9.17) is 4.74 Å². The van der Waals surface area contributed by atoms with E-state index in [2.05, 4.69) is 5.32 Å². The average molecular weight is 467 g/mol. The van der Waals surface area contributed by atoms with Gasteiger partial charge < -0.3 is 10.1 Å². The van der Waals surface area contributed by atoms with Crippen LogP contribution in [-0.4, -0.2) is 28.0 Å². The molecule has 0 bridgehead atoms. The number of sulfonamides is 1. The average Bonchev–Trinajstić information content (AvgIpc) is 2.79. The summed E-state index contributed by atoms with van der Waals surface area (Å²) >= 11 is 0. The molecule has 0 heterocycles. The van der Waals surface area contributed by atoms with Gasteiger partial charge in [-0.2, -0.15) is 0 Å². The first kappa shape index (κ1) is 24.3. The molecule has 0 fully saturated rings. The fourth-order valence-corrected chi connectivity index (χ4v) is 5.12. The second-order valence-electron chi connectivity index (χ2n) is 8.15. The zero-order chi connectivity index (χ0) is 24.2. The second kappa shape index (κ2) is 10.1. The summed E-state index contributed by atoms with van der Waals surface area (Å²) in [7, 11) is -2.40. The normalized spacial score (nSPS) is 12.2. The Hall–Kier alpha value is -3.32. The highest BCUT2D eigenvalue weighted by Gasteiger charge is 2.29. The van der Waals surface area contributed by atoms with E-state index in [0.717, 1.165) is 22.3 Å². The number of amides is 1. The molecule has 0 aromatic heterocycles. The quantitative estimate of drug-likeness (QED) is 0.522. The van der Waals surface area contributed by atoms with Gasteiger partial charge in [-0.1, -0.05) is 48.0 Å². The van der Waals surface area contributed by atoms with Crippen molar-refractivity contribution in [3.63, 3.8) is 0 Å². The van der Waals surface area contributed by atoms with Gasteiger partial charge in [0.2, 0.25) is 5.91 Å². The Morgan fingerprint density at radius 2 is 1.61 bits per heavy atom. The van der Waals surface area contributed by atoms with Crippen molar-refractivity contribution in [1.29, 1.82) is 0 Å². The van der Waals surface area contributed by atoms with Crippen molar-refractivity contribution in [2.75, 3.05) is 18.0 Å². The highest BCUT2D eigenvalue weighted by atomic mass is 32.2. The van der Waals surface area contributed by atoms with Gasteiger partial charge in [0, 0.05) is 5.56 Å². The number of nitrogens with zero attached hydrogens (tertiary/aromatic N) is 1. The van der Waals surface area contributed by atoms with Crippen LogP contribution in [0.2, 0.25) is 0 Å². The lowest BCUT2D eigenvalue weighted by molar-refractivity contribution is -0.120. The molecule has 174 valence electrons. The molecule has 0 aliphatic rings. The molecule has 0 spiro atoms. The standard InChI is InChI=1S/C26H30N2O4S/c1-18-11-14-22(15-12-18)33(30,31)28(24-16-19(2)10-13-20(24)3)17-26(29)27-21(4)23-8-6-7-9-25(23)32-5/h6-16,21H,17H2,1-5H3,(H,27,29)/t21-/m1/s1. The largest absolute Gasteiger partial charge is 0.496 e. The third-order valence-electron chi connectivity index (χ3n) is 5.51. The molecule has 6 nitrogen and oxygen atoms in total. The van der Waals surface area contributed by atoms with Gasteiger partial charge in [-0.05, 0) is 63.1 Å². The maximum atomic E-state index is 13.6. The van der Waals surface area contributed by atoms with Gasteiger partial charge in [-0.3, -0.25) is 9.10 Å². The number of rotatable bonds is 8. The fraction of sp³-hybridized carbons (Fsp3) is 0.269. The molecule has 1 N–H and O–H groups in total. The Bertz CT molecular complexity index is 1240. The maximum absolute atomic E-state index is 13.6. The summed E-state index contributed by atoms with van der Waals surface area (Å²) in [5.41, 5.74) is 3.92. The van der Waals surface area contributed by atoms with Crippen LogP contribution in [0.15, 0.2) is 71.6 Å². The maximum Gasteiger partial charge on any atom is 0.264 e. The monoisotopic (exact) mass is 466 g/mol. The van der Waals surface area contributed by atoms with Crippen LogP contribution < -0.4 is 14.4 Å². The number of carbonyl (C=O) groups excluding carboxylic acids is 1. The van der Waals surface area contributed by atoms with Gasteiger partial charge >= 0.3 is 0 Å². The molecule has 33 heavy (non-hydrogen) atoms. The van der Waals surface area contributed by atoms with E-state index < -0.39 is 15.9 Å². The van der Waals surface area contributed by atoms with Gasteiger partial charge in [-0.15, -0.1) is 0 Å². The first-order chi connectivity index (χ1) is 15.6. The molecule has 1 atom stereocenters. The van der Waals surface area contributed by atoms with Crippen molar-refractivity contribution in [3.8, 4) is 5.75 Å². The van der Waals surface area contributed by atoms with Gasteiger partial charge in [0.05, 0.1) is 23.7 Å². The summed E-state index contributed by atoms with van der Waals surface area (Å²) in [5, 5.41) is 2.91. The molecule has 3 aromatic carbocycles. The van der Waals surface area contributed by atoms with Crippen LogP contribution in [0.3, 0.4) is 0 Å². The molecule has 0 saturated heterocycles. The lowest BCUT2D eigenvalue weighted by Gasteiger charge is -2.27. The van der Waals surface area contributed by atoms with Crippen molar-refractivity contribution < 1.29 is 17.9 Å². The van der Waals surface area contributed by atoms with Crippen LogP contribution in [0.1, 0.15) is 35.2 Å². The molecule has 0 aliphatic heterocycles. The van der Waals surface area contributed by atoms with Crippen molar-refractivity contribution in [1.82, 2.24) is 5.32 Å². The first-order valence-corrected chi connectivity index (χ1v) is 12.2. The zero-order valence-electron chi connectivity index (χ0n) is 19.6. The van der Waals surface area contributed by atoms with Crippen LogP contribution in [-0.2, 0) is 14.8 Å². The number of hydrogen-bond donors (Lipinski definition) is 1. The molecular weight excluding hydrogens is 436 g/mol. The van der Waals surface area contributed by atoms with Crippen LogP contribution in [0.25, 0.3) is 0 Å². The Morgan fingerprint density at radius 1 is 0.970 bits per heavy atom. The molecular formula is C26H30N2O4S. The van der Waals surface area contributed by atoms with Crippen molar-refractivity contribution in [2.45, 2.75) is 38.6 Å². The smallest absolute Gasteiger partial charge is 0.264 e. The van der Waals surface area contributed by atoms with Crippen molar-refractivity contribution >= 4 is 21.6 Å². The molecule has 3 rings (SSSR count). The number of para-hydroxylation sites is 1. The van der Waals surface area contributed by atoms with Crippen LogP contribution in [0.4, 0.5) is 5.69 Å². The minimum absolute atomic E-state index is 0.139. The number of ether oxygens (including phenoxy) is 1. The van der Waals surface area contributed by atoms with E-state index in [1.165, 1.54) is 4.31 Å². The van der Waals surface area contributed by atoms with Gasteiger partial charge in [0.15, 0.2) is 0 Å². The zero-order valence-corrected chi connectivity index (χ0v) is 20.4. The highest BCUT2D eigenvalue weighted by molar-refractivity contribution is 7.92. The van der Waals surface area contributed by atoms with E-state index in [0.29, 0.717) is 11.4 Å². The molecule has 0 aliphatic carbocycles. The van der Waals surface area contributed by atoms with E-state index >= 15 is 0 Å².